The van der Waals surface area contributed by atoms with Crippen LogP contribution in [0.4, 0.5) is 0 Å². The van der Waals surface area contributed by atoms with Gasteiger partial charge in [-0.25, -0.2) is 0 Å². The van der Waals surface area contributed by atoms with E-state index in [9.17, 15) is 9.59 Å². The van der Waals surface area contributed by atoms with Crippen LogP contribution in [0, 0.1) is 11.8 Å². The second kappa shape index (κ2) is 5.98. The number of nitrogens with one attached hydrogen (secondary N) is 2. The molecule has 1 atom stereocenters. The molecule has 1 aromatic heterocycles. The summed E-state index contributed by atoms with van der Waals surface area (Å²) in [5.41, 5.74) is 2.79. The number of carbonyl (C=O) groups excluding carboxylic acids is 2. The van der Waals surface area contributed by atoms with Crippen molar-refractivity contribution in [1.82, 2.24) is 20.4 Å². The first-order chi connectivity index (χ1) is 11.2. The molecule has 4 rings (SSSR count). The molecule has 6 heteroatoms. The molecule has 1 saturated carbocycles. The molecule has 6 nitrogen and oxygen atoms in total. The lowest BCUT2D eigenvalue weighted by atomic mass is 9.96. The molecule has 23 heavy (non-hydrogen) atoms. The van der Waals surface area contributed by atoms with Crippen LogP contribution in [0.15, 0.2) is 0 Å². The first-order valence-electron chi connectivity index (χ1n) is 8.85. The summed E-state index contributed by atoms with van der Waals surface area (Å²) >= 11 is 0. The van der Waals surface area contributed by atoms with Crippen LogP contribution in [0.3, 0.4) is 0 Å². The summed E-state index contributed by atoms with van der Waals surface area (Å²) < 4.78 is 0. The average molecular weight is 316 g/mol. The van der Waals surface area contributed by atoms with Gasteiger partial charge in [-0.1, -0.05) is 0 Å². The number of piperidine rings is 1. The number of amides is 2. The molecule has 1 aliphatic heterocycles. The predicted molar refractivity (Wildman–Crippen MR) is 85.0 cm³/mol. The van der Waals surface area contributed by atoms with E-state index in [0.717, 1.165) is 56.5 Å². The van der Waals surface area contributed by atoms with Gasteiger partial charge in [0, 0.05) is 30.9 Å². The molecule has 0 radical (unpaired) electrons. The number of aryl methyl sites for hydroxylation is 1. The molecule has 2 heterocycles. The van der Waals surface area contributed by atoms with Crippen molar-refractivity contribution < 1.29 is 9.59 Å². The Balaban J connectivity index is 1.39. The minimum absolute atomic E-state index is 0.0101. The molecule has 2 fully saturated rings. The van der Waals surface area contributed by atoms with Gasteiger partial charge in [0.15, 0.2) is 5.69 Å². The van der Waals surface area contributed by atoms with E-state index in [4.69, 9.17) is 0 Å². The Labute approximate surface area is 136 Å². The second-order valence-electron chi connectivity index (χ2n) is 7.16. The largest absolute Gasteiger partial charge is 0.356 e. The third-order valence-electron chi connectivity index (χ3n) is 5.35. The van der Waals surface area contributed by atoms with Crippen LogP contribution in [0.5, 0.6) is 0 Å². The summed E-state index contributed by atoms with van der Waals surface area (Å²) in [6.45, 7) is 2.06. The van der Waals surface area contributed by atoms with Crippen LogP contribution in [0.25, 0.3) is 0 Å². The van der Waals surface area contributed by atoms with Crippen LogP contribution in [0.2, 0.25) is 0 Å². The summed E-state index contributed by atoms with van der Waals surface area (Å²) in [6.07, 6.45) is 7.25. The number of H-pyrrole nitrogens is 1. The van der Waals surface area contributed by atoms with Gasteiger partial charge >= 0.3 is 0 Å². The minimum Gasteiger partial charge on any atom is -0.356 e. The maximum absolute atomic E-state index is 12.8. The topological polar surface area (TPSA) is 78.1 Å². The molecule has 2 aliphatic carbocycles. The van der Waals surface area contributed by atoms with Crippen molar-refractivity contribution in [2.24, 2.45) is 11.8 Å². The number of fused-ring (bicyclic) bond motifs is 1. The molecule has 0 bridgehead atoms. The van der Waals surface area contributed by atoms with Crippen LogP contribution < -0.4 is 5.32 Å². The normalized spacial score (nSPS) is 23.7. The first kappa shape index (κ1) is 14.7. The van der Waals surface area contributed by atoms with Gasteiger partial charge in [-0.15, -0.1) is 0 Å². The van der Waals surface area contributed by atoms with E-state index in [2.05, 4.69) is 15.5 Å². The molecule has 1 aromatic rings. The Bertz CT molecular complexity index is 620. The molecule has 1 unspecified atom stereocenters. The summed E-state index contributed by atoms with van der Waals surface area (Å²) in [5, 5.41) is 10.3. The van der Waals surface area contributed by atoms with Crippen LogP contribution in [-0.4, -0.2) is 46.5 Å². The minimum atomic E-state index is -0.0709. The Morgan fingerprint density at radius 3 is 2.91 bits per heavy atom. The lowest BCUT2D eigenvalue weighted by Gasteiger charge is -2.31. The number of nitrogens with zero attached hydrogens (tertiary/aromatic N) is 2. The highest BCUT2D eigenvalue weighted by Crippen LogP contribution is 2.28. The fourth-order valence-corrected chi connectivity index (χ4v) is 3.73. The third kappa shape index (κ3) is 2.99. The Kier molecular flexibility index (Phi) is 3.83. The monoisotopic (exact) mass is 316 g/mol. The molecule has 3 aliphatic rings. The zero-order valence-corrected chi connectivity index (χ0v) is 13.4. The number of hydrogen-bond acceptors (Lipinski definition) is 3. The van der Waals surface area contributed by atoms with Gasteiger partial charge in [-0.3, -0.25) is 14.7 Å². The highest BCUT2D eigenvalue weighted by Gasteiger charge is 2.32. The SMILES string of the molecule is O=C(NCC1CC1)C1CCCN(C(=O)c2n[nH]c3c2CCC3)C1. The Morgan fingerprint density at radius 2 is 2.09 bits per heavy atom. The van der Waals surface area contributed by atoms with Crippen LogP contribution in [-0.2, 0) is 17.6 Å². The van der Waals surface area contributed by atoms with E-state index in [-0.39, 0.29) is 17.7 Å². The van der Waals surface area contributed by atoms with Gasteiger partial charge in [-0.2, -0.15) is 5.10 Å². The van der Waals surface area contributed by atoms with Crippen molar-refractivity contribution >= 4 is 11.8 Å². The standard InChI is InChI=1S/C17H24N4O2/c22-16(18-9-11-6-7-11)12-3-2-8-21(10-12)17(23)15-13-4-1-5-14(13)19-20-15/h11-12H,1-10H2,(H,18,22)(H,19,20). The van der Waals surface area contributed by atoms with Gasteiger partial charge in [0.25, 0.3) is 5.91 Å². The average Bonchev–Trinajstić information content (AvgIpc) is 3.14. The number of hydrogen-bond donors (Lipinski definition) is 2. The second-order valence-corrected chi connectivity index (χ2v) is 7.16. The van der Waals surface area contributed by atoms with Crippen LogP contribution >= 0.6 is 0 Å². The maximum atomic E-state index is 12.8. The number of carbonyl (C=O) groups is 2. The van der Waals surface area contributed by atoms with Crippen molar-refractivity contribution in [3.8, 4) is 0 Å². The highest BCUT2D eigenvalue weighted by molar-refractivity contribution is 5.94. The zero-order valence-electron chi connectivity index (χ0n) is 13.4. The zero-order chi connectivity index (χ0) is 15.8. The van der Waals surface area contributed by atoms with E-state index in [1.807, 2.05) is 4.90 Å². The summed E-state index contributed by atoms with van der Waals surface area (Å²) in [5.74, 6) is 0.719. The van der Waals surface area contributed by atoms with Crippen molar-refractivity contribution in [1.29, 1.82) is 0 Å². The van der Waals surface area contributed by atoms with Gasteiger partial charge in [0.2, 0.25) is 5.91 Å². The van der Waals surface area contributed by atoms with Crippen molar-refractivity contribution in [2.45, 2.75) is 44.9 Å². The molecule has 0 aromatic carbocycles. The van der Waals surface area contributed by atoms with Gasteiger partial charge in [-0.05, 0) is 50.9 Å². The number of likely N-dealkylation sites (tertiary alicyclic amines) is 1. The Morgan fingerprint density at radius 1 is 1.22 bits per heavy atom. The number of rotatable bonds is 4. The quantitative estimate of drug-likeness (QED) is 0.878. The molecule has 0 spiro atoms. The maximum Gasteiger partial charge on any atom is 0.274 e. The number of aromatic amines is 1. The predicted octanol–water partition coefficient (Wildman–Crippen LogP) is 1.28. The summed E-state index contributed by atoms with van der Waals surface area (Å²) in [7, 11) is 0. The lowest BCUT2D eigenvalue weighted by Crippen LogP contribution is -2.46. The van der Waals surface area contributed by atoms with Gasteiger partial charge in [0.1, 0.15) is 0 Å². The molecule has 1 saturated heterocycles. The van der Waals surface area contributed by atoms with E-state index in [0.29, 0.717) is 18.2 Å². The van der Waals surface area contributed by atoms with E-state index in [1.54, 1.807) is 0 Å². The van der Waals surface area contributed by atoms with E-state index in [1.165, 1.54) is 12.8 Å². The fourth-order valence-electron chi connectivity index (χ4n) is 3.73. The summed E-state index contributed by atoms with van der Waals surface area (Å²) in [6, 6.07) is 0. The van der Waals surface area contributed by atoms with Crippen molar-refractivity contribution in [2.75, 3.05) is 19.6 Å². The summed E-state index contributed by atoms with van der Waals surface area (Å²) in [4.78, 5) is 26.9. The Hall–Kier alpha value is -1.85. The molecular weight excluding hydrogens is 292 g/mol. The third-order valence-corrected chi connectivity index (χ3v) is 5.35. The van der Waals surface area contributed by atoms with Gasteiger partial charge < -0.3 is 10.2 Å². The molecule has 2 amide bonds. The molecule has 124 valence electrons. The smallest absolute Gasteiger partial charge is 0.274 e. The number of aromatic nitrogens is 2. The molecule has 2 N–H and O–H groups in total. The van der Waals surface area contributed by atoms with Crippen LogP contribution in [0.1, 0.15) is 53.8 Å². The fraction of sp³-hybridized carbons (Fsp3) is 0.706. The van der Waals surface area contributed by atoms with Crippen molar-refractivity contribution in [3.63, 3.8) is 0 Å². The first-order valence-corrected chi connectivity index (χ1v) is 8.85. The molecular formula is C17H24N4O2. The lowest BCUT2D eigenvalue weighted by molar-refractivity contribution is -0.126. The van der Waals surface area contributed by atoms with E-state index >= 15 is 0 Å². The van der Waals surface area contributed by atoms with E-state index < -0.39 is 0 Å². The highest BCUT2D eigenvalue weighted by atomic mass is 16.2. The van der Waals surface area contributed by atoms with Crippen molar-refractivity contribution in [3.05, 3.63) is 17.0 Å². The van der Waals surface area contributed by atoms with Gasteiger partial charge in [0.05, 0.1) is 5.92 Å².